The second-order valence-corrected chi connectivity index (χ2v) is 5.25. The molecule has 1 aliphatic rings. The van der Waals surface area contributed by atoms with E-state index in [2.05, 4.69) is 5.32 Å². The number of nitrogens with two attached hydrogens (primary N) is 2. The van der Waals surface area contributed by atoms with Crippen molar-refractivity contribution in [2.75, 3.05) is 6.54 Å². The van der Waals surface area contributed by atoms with Gasteiger partial charge in [0.15, 0.2) is 0 Å². The number of halogens is 1. The summed E-state index contributed by atoms with van der Waals surface area (Å²) >= 11 is 0. The van der Waals surface area contributed by atoms with Gasteiger partial charge in [-0.15, -0.1) is 0 Å². The molecular formula is C14H18FN3O2. The van der Waals surface area contributed by atoms with Gasteiger partial charge in [-0.3, -0.25) is 9.59 Å². The van der Waals surface area contributed by atoms with Gasteiger partial charge in [0.25, 0.3) is 0 Å². The number of hydrogen-bond donors (Lipinski definition) is 3. The van der Waals surface area contributed by atoms with Crippen LogP contribution in [0.4, 0.5) is 4.39 Å². The van der Waals surface area contributed by atoms with Gasteiger partial charge in [0.05, 0.1) is 12.5 Å². The van der Waals surface area contributed by atoms with E-state index >= 15 is 0 Å². The van der Waals surface area contributed by atoms with Crippen molar-refractivity contribution < 1.29 is 14.0 Å². The number of carbonyl (C=O) groups excluding carboxylic acids is 2. The van der Waals surface area contributed by atoms with E-state index < -0.39 is 17.9 Å². The van der Waals surface area contributed by atoms with Crippen molar-refractivity contribution in [3.63, 3.8) is 0 Å². The van der Waals surface area contributed by atoms with Crippen LogP contribution in [0, 0.1) is 5.82 Å². The summed E-state index contributed by atoms with van der Waals surface area (Å²) < 4.78 is 13.8. The van der Waals surface area contributed by atoms with Crippen molar-refractivity contribution in [2.24, 2.45) is 11.5 Å². The standard InChI is InChI=1S/C14H18FN3O2/c15-10-4-2-1-3-9(10)14(5-6-14)8-18-13(20)11(16)7-12(17)19/h1-4,11H,5-8,16H2,(H2,17,19)(H,18,20)/t11-/m0/s1. The van der Waals surface area contributed by atoms with E-state index in [9.17, 15) is 14.0 Å². The van der Waals surface area contributed by atoms with Gasteiger partial charge in [0, 0.05) is 12.0 Å². The summed E-state index contributed by atoms with van der Waals surface area (Å²) in [5.41, 5.74) is 10.8. The summed E-state index contributed by atoms with van der Waals surface area (Å²) in [6, 6.07) is 5.60. The highest BCUT2D eigenvalue weighted by Crippen LogP contribution is 2.48. The minimum absolute atomic E-state index is 0.196. The first-order valence-corrected chi connectivity index (χ1v) is 6.51. The Hall–Kier alpha value is -1.95. The van der Waals surface area contributed by atoms with E-state index in [0.717, 1.165) is 12.8 Å². The lowest BCUT2D eigenvalue weighted by Crippen LogP contribution is -2.45. The number of hydrogen-bond acceptors (Lipinski definition) is 3. The third-order valence-corrected chi connectivity index (χ3v) is 3.66. The molecule has 1 aromatic carbocycles. The number of benzene rings is 1. The summed E-state index contributed by atoms with van der Waals surface area (Å²) in [4.78, 5) is 22.4. The molecule has 6 heteroatoms. The Morgan fingerprint density at radius 3 is 2.55 bits per heavy atom. The first-order chi connectivity index (χ1) is 9.44. The fraction of sp³-hybridized carbons (Fsp3) is 0.429. The summed E-state index contributed by atoms with van der Waals surface area (Å²) in [7, 11) is 0. The van der Waals surface area contributed by atoms with Crippen LogP contribution in [0.3, 0.4) is 0 Å². The predicted molar refractivity (Wildman–Crippen MR) is 72.1 cm³/mol. The van der Waals surface area contributed by atoms with Crippen LogP contribution in [-0.4, -0.2) is 24.4 Å². The fourth-order valence-corrected chi connectivity index (χ4v) is 2.28. The van der Waals surface area contributed by atoms with Crippen LogP contribution < -0.4 is 16.8 Å². The monoisotopic (exact) mass is 279 g/mol. The third-order valence-electron chi connectivity index (χ3n) is 3.66. The minimum Gasteiger partial charge on any atom is -0.370 e. The molecule has 0 bridgehead atoms. The molecule has 0 aromatic heterocycles. The summed E-state index contributed by atoms with van der Waals surface area (Å²) in [5, 5.41) is 2.68. The lowest BCUT2D eigenvalue weighted by molar-refractivity contribution is -0.126. The molecule has 1 aromatic rings. The molecule has 1 atom stereocenters. The maximum atomic E-state index is 13.8. The topological polar surface area (TPSA) is 98.2 Å². The van der Waals surface area contributed by atoms with Gasteiger partial charge in [0.2, 0.25) is 11.8 Å². The number of nitrogens with one attached hydrogen (secondary N) is 1. The third kappa shape index (κ3) is 3.14. The minimum atomic E-state index is -0.955. The van der Waals surface area contributed by atoms with Gasteiger partial charge >= 0.3 is 0 Å². The molecule has 108 valence electrons. The van der Waals surface area contributed by atoms with E-state index in [0.29, 0.717) is 12.1 Å². The quantitative estimate of drug-likeness (QED) is 0.692. The van der Waals surface area contributed by atoms with Crippen LogP contribution in [-0.2, 0) is 15.0 Å². The molecule has 0 spiro atoms. The van der Waals surface area contributed by atoms with Crippen LogP contribution in [0.2, 0.25) is 0 Å². The second kappa shape index (κ2) is 5.58. The summed E-state index contributed by atoms with van der Waals surface area (Å²) in [5.74, 6) is -1.32. The Bertz CT molecular complexity index is 529. The average Bonchev–Trinajstić information content (AvgIpc) is 3.16. The number of carbonyl (C=O) groups is 2. The molecule has 20 heavy (non-hydrogen) atoms. The first kappa shape index (κ1) is 14.5. The number of rotatable bonds is 6. The molecule has 0 unspecified atom stereocenters. The van der Waals surface area contributed by atoms with Crippen molar-refractivity contribution in [3.05, 3.63) is 35.6 Å². The molecule has 1 fully saturated rings. The lowest BCUT2D eigenvalue weighted by Gasteiger charge is -2.18. The Morgan fingerprint density at radius 1 is 1.35 bits per heavy atom. The van der Waals surface area contributed by atoms with E-state index in [-0.39, 0.29) is 17.7 Å². The second-order valence-electron chi connectivity index (χ2n) is 5.25. The average molecular weight is 279 g/mol. The van der Waals surface area contributed by atoms with Crippen LogP contribution in [0.15, 0.2) is 24.3 Å². The largest absolute Gasteiger partial charge is 0.370 e. The van der Waals surface area contributed by atoms with Crippen molar-refractivity contribution >= 4 is 11.8 Å². The Morgan fingerprint density at radius 2 is 2.00 bits per heavy atom. The number of amides is 2. The van der Waals surface area contributed by atoms with E-state index in [4.69, 9.17) is 11.5 Å². The maximum absolute atomic E-state index is 13.8. The van der Waals surface area contributed by atoms with Crippen molar-refractivity contribution in [2.45, 2.75) is 30.7 Å². The number of primary amides is 1. The van der Waals surface area contributed by atoms with E-state index in [1.807, 2.05) is 0 Å². The lowest BCUT2D eigenvalue weighted by atomic mass is 9.95. The molecule has 0 saturated heterocycles. The Balaban J connectivity index is 1.96. The van der Waals surface area contributed by atoms with Crippen LogP contribution in [0.5, 0.6) is 0 Å². The van der Waals surface area contributed by atoms with E-state index in [1.54, 1.807) is 18.2 Å². The molecule has 1 aliphatic carbocycles. The van der Waals surface area contributed by atoms with Gasteiger partial charge in [-0.1, -0.05) is 18.2 Å². The molecule has 2 amide bonds. The molecule has 0 aliphatic heterocycles. The zero-order valence-corrected chi connectivity index (χ0v) is 11.1. The molecular weight excluding hydrogens is 261 g/mol. The molecule has 1 saturated carbocycles. The fourth-order valence-electron chi connectivity index (χ4n) is 2.28. The summed E-state index contributed by atoms with van der Waals surface area (Å²) in [6.07, 6.45) is 1.44. The SMILES string of the molecule is NC(=O)C[C@H](N)C(=O)NCC1(c2ccccc2F)CC1. The van der Waals surface area contributed by atoms with Gasteiger partial charge < -0.3 is 16.8 Å². The smallest absolute Gasteiger partial charge is 0.237 e. The first-order valence-electron chi connectivity index (χ1n) is 6.51. The predicted octanol–water partition coefficient (Wildman–Crippen LogP) is 0.176. The van der Waals surface area contributed by atoms with Crippen molar-refractivity contribution in [3.8, 4) is 0 Å². The van der Waals surface area contributed by atoms with Crippen molar-refractivity contribution in [1.82, 2.24) is 5.32 Å². The Kier molecular flexibility index (Phi) is 4.04. The highest BCUT2D eigenvalue weighted by molar-refractivity contribution is 5.87. The van der Waals surface area contributed by atoms with Gasteiger partial charge in [-0.05, 0) is 24.5 Å². The maximum Gasteiger partial charge on any atom is 0.237 e. The Labute approximate surface area is 116 Å². The molecule has 5 N–H and O–H groups in total. The highest BCUT2D eigenvalue weighted by Gasteiger charge is 2.46. The molecule has 0 heterocycles. The van der Waals surface area contributed by atoms with Crippen LogP contribution in [0.1, 0.15) is 24.8 Å². The zero-order chi connectivity index (χ0) is 14.8. The van der Waals surface area contributed by atoms with Gasteiger partial charge in [0.1, 0.15) is 5.82 Å². The zero-order valence-electron chi connectivity index (χ0n) is 11.1. The van der Waals surface area contributed by atoms with Crippen LogP contribution in [0.25, 0.3) is 0 Å². The van der Waals surface area contributed by atoms with Crippen molar-refractivity contribution in [1.29, 1.82) is 0 Å². The molecule has 2 rings (SSSR count). The van der Waals surface area contributed by atoms with Gasteiger partial charge in [-0.25, -0.2) is 4.39 Å². The van der Waals surface area contributed by atoms with Gasteiger partial charge in [-0.2, -0.15) is 0 Å². The molecule has 5 nitrogen and oxygen atoms in total. The van der Waals surface area contributed by atoms with E-state index in [1.165, 1.54) is 6.07 Å². The highest BCUT2D eigenvalue weighted by atomic mass is 19.1. The summed E-state index contributed by atoms with van der Waals surface area (Å²) in [6.45, 7) is 0.319. The molecule has 0 radical (unpaired) electrons. The van der Waals surface area contributed by atoms with Crippen LogP contribution >= 0.6 is 0 Å². The normalized spacial score (nSPS) is 17.3.